The largest absolute Gasteiger partial charge is 0.497 e. The summed E-state index contributed by atoms with van der Waals surface area (Å²) in [6.45, 7) is 4.09. The molecule has 0 saturated carbocycles. The molecule has 2 N–H and O–H groups in total. The van der Waals surface area contributed by atoms with E-state index in [1.54, 1.807) is 43.5 Å². The van der Waals surface area contributed by atoms with Crippen molar-refractivity contribution in [2.75, 3.05) is 11.8 Å². The number of rotatable bonds is 10. The lowest BCUT2D eigenvalue weighted by Crippen LogP contribution is -2.32. The third kappa shape index (κ3) is 6.27. The van der Waals surface area contributed by atoms with Crippen molar-refractivity contribution in [2.24, 2.45) is 0 Å². The zero-order valence-electron chi connectivity index (χ0n) is 16.6. The minimum absolute atomic E-state index is 0.0367. The van der Waals surface area contributed by atoms with E-state index >= 15 is 0 Å². The highest BCUT2D eigenvalue weighted by atomic mass is 32.2. The minimum Gasteiger partial charge on any atom is -0.497 e. The van der Waals surface area contributed by atoms with Gasteiger partial charge in [0.25, 0.3) is 15.9 Å². The van der Waals surface area contributed by atoms with Crippen LogP contribution in [0.25, 0.3) is 0 Å². The number of amides is 1. The van der Waals surface area contributed by atoms with Gasteiger partial charge in [0.1, 0.15) is 5.75 Å². The van der Waals surface area contributed by atoms with Gasteiger partial charge in [-0.2, -0.15) is 0 Å². The van der Waals surface area contributed by atoms with Crippen molar-refractivity contribution in [3.8, 4) is 5.75 Å². The van der Waals surface area contributed by atoms with E-state index in [0.717, 1.165) is 25.7 Å². The number of hydrogen-bond acceptors (Lipinski definition) is 4. The predicted octanol–water partition coefficient (Wildman–Crippen LogP) is 4.19. The Hall–Kier alpha value is -2.54. The molecule has 0 aromatic heterocycles. The zero-order valence-corrected chi connectivity index (χ0v) is 17.4. The molecular weight excluding hydrogens is 376 g/mol. The van der Waals surface area contributed by atoms with Gasteiger partial charge in [0.15, 0.2) is 0 Å². The van der Waals surface area contributed by atoms with Crippen molar-refractivity contribution in [2.45, 2.75) is 50.5 Å². The van der Waals surface area contributed by atoms with Crippen LogP contribution in [0.2, 0.25) is 0 Å². The summed E-state index contributed by atoms with van der Waals surface area (Å²) in [4.78, 5) is 12.5. The number of benzene rings is 2. The van der Waals surface area contributed by atoms with Crippen LogP contribution in [0.5, 0.6) is 5.75 Å². The Morgan fingerprint density at radius 2 is 1.82 bits per heavy atom. The van der Waals surface area contributed by atoms with Crippen LogP contribution in [0.15, 0.2) is 53.4 Å². The maximum absolute atomic E-state index is 12.7. The molecule has 0 saturated heterocycles. The van der Waals surface area contributed by atoms with E-state index in [2.05, 4.69) is 17.0 Å². The molecule has 2 rings (SSSR count). The number of ether oxygens (including phenoxy) is 1. The third-order valence-corrected chi connectivity index (χ3v) is 5.75. The molecule has 1 unspecified atom stereocenters. The van der Waals surface area contributed by atoms with E-state index in [1.807, 2.05) is 6.92 Å². The summed E-state index contributed by atoms with van der Waals surface area (Å²) in [5, 5.41) is 2.93. The van der Waals surface area contributed by atoms with E-state index in [-0.39, 0.29) is 16.8 Å². The summed E-state index contributed by atoms with van der Waals surface area (Å²) >= 11 is 0. The lowest BCUT2D eigenvalue weighted by Gasteiger charge is -2.14. The maximum Gasteiger partial charge on any atom is 0.261 e. The van der Waals surface area contributed by atoms with Gasteiger partial charge in [-0.05, 0) is 55.8 Å². The Kier molecular flexibility index (Phi) is 7.87. The fourth-order valence-corrected chi connectivity index (χ4v) is 3.86. The van der Waals surface area contributed by atoms with Crippen LogP contribution in [-0.4, -0.2) is 27.5 Å². The SMILES string of the molecule is CCCCCC(C)NC(=O)c1cccc(S(=O)(=O)Nc2ccc(OC)cc2)c1. The number of unbranched alkanes of at least 4 members (excludes halogenated alkanes) is 2. The first-order valence-electron chi connectivity index (χ1n) is 9.43. The molecule has 28 heavy (non-hydrogen) atoms. The molecule has 7 heteroatoms. The summed E-state index contributed by atoms with van der Waals surface area (Å²) in [6.07, 6.45) is 4.21. The van der Waals surface area contributed by atoms with Gasteiger partial charge in [0, 0.05) is 17.3 Å². The molecular formula is C21H28N2O4S. The lowest BCUT2D eigenvalue weighted by atomic mass is 10.1. The molecule has 0 fully saturated rings. The van der Waals surface area contributed by atoms with Gasteiger partial charge in [-0.3, -0.25) is 9.52 Å². The van der Waals surface area contributed by atoms with Gasteiger partial charge < -0.3 is 10.1 Å². The Balaban J connectivity index is 2.08. The van der Waals surface area contributed by atoms with Crippen molar-refractivity contribution in [1.29, 1.82) is 0 Å². The molecule has 0 heterocycles. The number of carbonyl (C=O) groups is 1. The number of anilines is 1. The Labute approximate surface area is 167 Å². The second kappa shape index (κ2) is 10.1. The molecule has 0 aliphatic heterocycles. The number of sulfonamides is 1. The first kappa shape index (κ1) is 21.8. The van der Waals surface area contributed by atoms with Crippen LogP contribution in [0, 0.1) is 0 Å². The topological polar surface area (TPSA) is 84.5 Å². The summed E-state index contributed by atoms with van der Waals surface area (Å²) in [5.41, 5.74) is 0.736. The summed E-state index contributed by atoms with van der Waals surface area (Å²) in [5.74, 6) is 0.361. The van der Waals surface area contributed by atoms with Crippen LogP contribution in [-0.2, 0) is 10.0 Å². The van der Waals surface area contributed by atoms with Gasteiger partial charge in [-0.15, -0.1) is 0 Å². The molecule has 2 aromatic rings. The summed E-state index contributed by atoms with van der Waals surface area (Å²) in [6, 6.07) is 12.6. The Morgan fingerprint density at radius 1 is 1.11 bits per heavy atom. The Bertz CT molecular complexity index is 880. The third-order valence-electron chi connectivity index (χ3n) is 4.37. The van der Waals surface area contributed by atoms with Crippen LogP contribution < -0.4 is 14.8 Å². The zero-order chi connectivity index (χ0) is 20.6. The van der Waals surface area contributed by atoms with E-state index in [9.17, 15) is 13.2 Å². The maximum atomic E-state index is 12.7. The predicted molar refractivity (Wildman–Crippen MR) is 111 cm³/mol. The molecule has 0 bridgehead atoms. The van der Waals surface area contributed by atoms with Crippen LogP contribution in [0.1, 0.15) is 49.9 Å². The van der Waals surface area contributed by atoms with E-state index in [0.29, 0.717) is 17.0 Å². The summed E-state index contributed by atoms with van der Waals surface area (Å²) < 4.78 is 32.9. The highest BCUT2D eigenvalue weighted by Gasteiger charge is 2.17. The van der Waals surface area contributed by atoms with E-state index in [4.69, 9.17) is 4.74 Å². The molecule has 2 aromatic carbocycles. The number of hydrogen-bond donors (Lipinski definition) is 2. The fraction of sp³-hybridized carbons (Fsp3) is 0.381. The highest BCUT2D eigenvalue weighted by Crippen LogP contribution is 2.20. The van der Waals surface area contributed by atoms with Gasteiger partial charge >= 0.3 is 0 Å². The number of carbonyl (C=O) groups excluding carboxylic acids is 1. The van der Waals surface area contributed by atoms with Crippen molar-refractivity contribution >= 4 is 21.6 Å². The highest BCUT2D eigenvalue weighted by molar-refractivity contribution is 7.92. The normalized spacial score (nSPS) is 12.2. The molecule has 6 nitrogen and oxygen atoms in total. The lowest BCUT2D eigenvalue weighted by molar-refractivity contribution is 0.0937. The fourth-order valence-electron chi connectivity index (χ4n) is 2.76. The van der Waals surface area contributed by atoms with Crippen molar-refractivity contribution in [3.05, 3.63) is 54.1 Å². The second-order valence-electron chi connectivity index (χ2n) is 6.73. The smallest absolute Gasteiger partial charge is 0.261 e. The number of methoxy groups -OCH3 is 1. The van der Waals surface area contributed by atoms with Crippen LogP contribution in [0.3, 0.4) is 0 Å². The molecule has 1 amide bonds. The Morgan fingerprint density at radius 3 is 2.46 bits per heavy atom. The van der Waals surface area contributed by atoms with Crippen molar-refractivity contribution in [1.82, 2.24) is 5.32 Å². The van der Waals surface area contributed by atoms with Gasteiger partial charge in [-0.1, -0.05) is 32.3 Å². The van der Waals surface area contributed by atoms with Crippen LogP contribution >= 0.6 is 0 Å². The van der Waals surface area contributed by atoms with Gasteiger partial charge in [0.2, 0.25) is 0 Å². The quantitative estimate of drug-likeness (QED) is 0.582. The minimum atomic E-state index is -3.81. The molecule has 152 valence electrons. The summed E-state index contributed by atoms with van der Waals surface area (Å²) in [7, 11) is -2.26. The first-order valence-corrected chi connectivity index (χ1v) is 10.9. The average molecular weight is 405 g/mol. The standard InChI is InChI=1S/C21H28N2O4S/c1-4-5-6-8-16(2)22-21(24)17-9-7-10-20(15-17)28(25,26)23-18-11-13-19(27-3)14-12-18/h7,9-16,23H,4-6,8H2,1-3H3,(H,22,24). The monoisotopic (exact) mass is 404 g/mol. The molecule has 1 atom stereocenters. The van der Waals surface area contributed by atoms with E-state index in [1.165, 1.54) is 12.1 Å². The molecule has 0 spiro atoms. The average Bonchev–Trinajstić information content (AvgIpc) is 2.68. The molecule has 0 aliphatic rings. The molecule has 0 radical (unpaired) electrons. The van der Waals surface area contributed by atoms with Crippen molar-refractivity contribution in [3.63, 3.8) is 0 Å². The number of nitrogens with one attached hydrogen (secondary N) is 2. The van der Waals surface area contributed by atoms with E-state index < -0.39 is 10.0 Å². The molecule has 0 aliphatic carbocycles. The second-order valence-corrected chi connectivity index (χ2v) is 8.41. The van der Waals surface area contributed by atoms with Gasteiger partial charge in [-0.25, -0.2) is 8.42 Å². The van der Waals surface area contributed by atoms with Crippen LogP contribution in [0.4, 0.5) is 5.69 Å². The first-order chi connectivity index (χ1) is 13.4. The van der Waals surface area contributed by atoms with Crippen molar-refractivity contribution < 1.29 is 17.9 Å². The van der Waals surface area contributed by atoms with Gasteiger partial charge in [0.05, 0.1) is 12.0 Å².